The molecule has 1 heterocycles. The molecule has 10 nitrogen and oxygen atoms in total. The van der Waals surface area contributed by atoms with Crippen LogP contribution in [-0.2, 0) is 20.8 Å². The van der Waals surface area contributed by atoms with Crippen LogP contribution in [0.3, 0.4) is 0 Å². The van der Waals surface area contributed by atoms with Crippen LogP contribution in [0.5, 0.6) is 5.75 Å². The highest BCUT2D eigenvalue weighted by molar-refractivity contribution is 5.88. The van der Waals surface area contributed by atoms with Gasteiger partial charge in [-0.1, -0.05) is 30.3 Å². The van der Waals surface area contributed by atoms with Crippen molar-refractivity contribution >= 4 is 28.8 Å². The van der Waals surface area contributed by atoms with E-state index in [9.17, 15) is 19.5 Å². The number of aromatic nitrogens is 1. The summed E-state index contributed by atoms with van der Waals surface area (Å²) in [4.78, 5) is 36.6. The van der Waals surface area contributed by atoms with Crippen molar-refractivity contribution in [3.63, 3.8) is 0 Å². The highest BCUT2D eigenvalue weighted by atomic mass is 16.4. The Morgan fingerprint density at radius 3 is 2.05 bits per heavy atom. The molecule has 0 unspecified atom stereocenters. The topological polar surface area (TPSA) is 171 Å². The van der Waals surface area contributed by atoms with Gasteiger partial charge in [0, 0.05) is 22.1 Å². The number of phenolic OH excluding ortho intramolecular Hbond substituents is 1. The number of phenols is 1. The lowest BCUT2D eigenvalue weighted by Crippen LogP contribution is -2.48. The van der Waals surface area contributed by atoms with Gasteiger partial charge in [0.15, 0.2) is 5.60 Å². The average Bonchev–Trinajstić information content (AvgIpc) is 3.20. The van der Waals surface area contributed by atoms with E-state index in [1.54, 1.807) is 6.07 Å². The van der Waals surface area contributed by atoms with Crippen LogP contribution in [0.1, 0.15) is 61.3 Å². The number of likely N-dealkylation sites (N-methyl/N-ethyl adjacent to an activating group) is 1. The van der Waals surface area contributed by atoms with E-state index < -0.39 is 36.4 Å². The molecule has 1 aliphatic carbocycles. The third-order valence-electron chi connectivity index (χ3n) is 8.02. The zero-order valence-electron chi connectivity index (χ0n) is 23.1. The molecule has 1 saturated carbocycles. The summed E-state index contributed by atoms with van der Waals surface area (Å²) in [6.45, 7) is 2.19. The number of hydrogen-bond donors (Lipinski definition) is 6. The van der Waals surface area contributed by atoms with E-state index >= 15 is 0 Å². The number of carbonyl (C=O) groups is 3. The summed E-state index contributed by atoms with van der Waals surface area (Å²) >= 11 is 0. The summed E-state index contributed by atoms with van der Waals surface area (Å²) in [6, 6.07) is 16.5. The van der Waals surface area contributed by atoms with Gasteiger partial charge in [0.25, 0.3) is 0 Å². The molecule has 1 aromatic heterocycles. The number of carboxylic acids is 3. The first kappa shape index (κ1) is 30.6. The number of aromatic hydroxyl groups is 1. The maximum atomic E-state index is 10.3. The van der Waals surface area contributed by atoms with Gasteiger partial charge in [-0.15, -0.1) is 0 Å². The molecule has 216 valence electrons. The molecule has 0 atom stereocenters. The zero-order valence-corrected chi connectivity index (χ0v) is 23.1. The SMILES string of the molecule is Cc1c(C2CCC(Cc3ccccc3)(N(C)C)CC2)[nH]c2ccc(O)cc12.O=C(O)CC(O)(CC(=O)O)C(=O)O. The lowest BCUT2D eigenvalue weighted by molar-refractivity contribution is -0.170. The van der Waals surface area contributed by atoms with Crippen molar-refractivity contribution in [1.29, 1.82) is 0 Å². The number of carboxylic acid groups (broad SMARTS) is 3. The van der Waals surface area contributed by atoms with Gasteiger partial charge in [-0.3, -0.25) is 9.59 Å². The number of aliphatic carboxylic acids is 3. The molecule has 40 heavy (non-hydrogen) atoms. The molecular weight excluding hydrogens is 516 g/mol. The van der Waals surface area contributed by atoms with Crippen LogP contribution in [0.4, 0.5) is 0 Å². The summed E-state index contributed by atoms with van der Waals surface area (Å²) in [6.07, 6.45) is 3.64. The highest BCUT2D eigenvalue weighted by Gasteiger charge is 2.41. The van der Waals surface area contributed by atoms with Crippen LogP contribution >= 0.6 is 0 Å². The van der Waals surface area contributed by atoms with Crippen molar-refractivity contribution in [3.8, 4) is 5.75 Å². The lowest BCUT2D eigenvalue weighted by atomic mass is 9.71. The van der Waals surface area contributed by atoms with E-state index in [4.69, 9.17) is 20.4 Å². The number of benzene rings is 2. The Morgan fingerprint density at radius 1 is 0.975 bits per heavy atom. The van der Waals surface area contributed by atoms with Crippen LogP contribution in [0.2, 0.25) is 0 Å². The minimum Gasteiger partial charge on any atom is -0.508 e. The number of nitrogens with one attached hydrogen (secondary N) is 1. The first-order valence-corrected chi connectivity index (χ1v) is 13.2. The summed E-state index contributed by atoms with van der Waals surface area (Å²) in [5.41, 5.74) is 2.73. The standard InChI is InChI=1S/C24H30N2O.C6H8O7/c1-17-21-15-20(27)9-10-22(21)25-23(17)19-11-13-24(14-12-19,26(2)3)16-18-7-5-4-6-8-18;7-3(8)1-6(13,5(11)12)2-4(9)10/h4-10,15,19,25,27H,11-14,16H2,1-3H3;13H,1-2H2,(H,7,8)(H,9,10)(H,11,12). The van der Waals surface area contributed by atoms with Gasteiger partial charge in [0.1, 0.15) is 5.75 Å². The first-order valence-electron chi connectivity index (χ1n) is 13.2. The molecule has 0 bridgehead atoms. The molecular formula is C30H38N2O8. The maximum Gasteiger partial charge on any atom is 0.336 e. The molecule has 1 aliphatic rings. The first-order chi connectivity index (χ1) is 18.8. The van der Waals surface area contributed by atoms with Crippen LogP contribution < -0.4 is 0 Å². The van der Waals surface area contributed by atoms with Gasteiger partial charge in [0.05, 0.1) is 12.8 Å². The van der Waals surface area contributed by atoms with Crippen molar-refractivity contribution in [2.24, 2.45) is 0 Å². The number of aliphatic hydroxyl groups is 1. The highest BCUT2D eigenvalue weighted by Crippen LogP contribution is 2.43. The van der Waals surface area contributed by atoms with Crippen molar-refractivity contribution in [1.82, 2.24) is 9.88 Å². The van der Waals surface area contributed by atoms with E-state index in [1.165, 1.54) is 42.5 Å². The van der Waals surface area contributed by atoms with Gasteiger partial charge in [-0.05, 0) is 88.4 Å². The van der Waals surface area contributed by atoms with E-state index in [0.717, 1.165) is 17.3 Å². The van der Waals surface area contributed by atoms with Crippen LogP contribution in [-0.4, -0.2) is 78.6 Å². The van der Waals surface area contributed by atoms with Gasteiger partial charge in [0.2, 0.25) is 0 Å². The largest absolute Gasteiger partial charge is 0.508 e. The summed E-state index contributed by atoms with van der Waals surface area (Å²) < 4.78 is 0. The number of H-pyrrole nitrogens is 1. The van der Waals surface area contributed by atoms with Crippen molar-refractivity contribution < 1.29 is 39.9 Å². The number of nitrogens with zero attached hydrogens (tertiary/aromatic N) is 1. The summed E-state index contributed by atoms with van der Waals surface area (Å²) in [5, 5.41) is 44.8. The fourth-order valence-electron chi connectivity index (χ4n) is 5.66. The molecule has 0 amide bonds. The van der Waals surface area contributed by atoms with Crippen molar-refractivity contribution in [3.05, 3.63) is 65.4 Å². The summed E-state index contributed by atoms with van der Waals surface area (Å²) in [5.74, 6) is -4.10. The minimum absolute atomic E-state index is 0.246. The van der Waals surface area contributed by atoms with Crippen molar-refractivity contribution in [2.75, 3.05) is 14.1 Å². The molecule has 0 aliphatic heterocycles. The maximum absolute atomic E-state index is 10.3. The fraction of sp³-hybridized carbons (Fsp3) is 0.433. The lowest BCUT2D eigenvalue weighted by Gasteiger charge is -2.45. The Labute approximate surface area is 232 Å². The van der Waals surface area contributed by atoms with Crippen LogP contribution in [0, 0.1) is 6.92 Å². The molecule has 10 heteroatoms. The van der Waals surface area contributed by atoms with Crippen LogP contribution in [0.25, 0.3) is 10.9 Å². The van der Waals surface area contributed by atoms with Gasteiger partial charge in [-0.2, -0.15) is 0 Å². The summed E-state index contributed by atoms with van der Waals surface area (Å²) in [7, 11) is 4.47. The number of rotatable bonds is 9. The second-order valence-corrected chi connectivity index (χ2v) is 10.9. The predicted molar refractivity (Wildman–Crippen MR) is 150 cm³/mol. The molecule has 2 aromatic carbocycles. The van der Waals surface area contributed by atoms with Gasteiger partial charge >= 0.3 is 17.9 Å². The zero-order chi connectivity index (χ0) is 29.7. The monoisotopic (exact) mass is 554 g/mol. The molecule has 0 radical (unpaired) electrons. The number of hydrogen-bond acceptors (Lipinski definition) is 6. The van der Waals surface area contributed by atoms with E-state index in [0.29, 0.717) is 11.7 Å². The predicted octanol–water partition coefficient (Wildman–Crippen LogP) is 4.13. The third kappa shape index (κ3) is 7.19. The molecule has 0 spiro atoms. The number of aromatic amines is 1. The second kappa shape index (κ2) is 12.5. The van der Waals surface area contributed by atoms with Gasteiger partial charge in [-0.25, -0.2) is 4.79 Å². The molecule has 0 saturated heterocycles. The van der Waals surface area contributed by atoms with E-state index in [1.807, 2.05) is 12.1 Å². The Hall–Kier alpha value is -3.89. The Bertz CT molecular complexity index is 1320. The average molecular weight is 555 g/mol. The Kier molecular flexibility index (Phi) is 9.60. The van der Waals surface area contributed by atoms with Crippen LogP contribution in [0.15, 0.2) is 48.5 Å². The fourth-order valence-corrected chi connectivity index (χ4v) is 5.66. The second-order valence-electron chi connectivity index (χ2n) is 10.9. The van der Waals surface area contributed by atoms with Gasteiger partial charge < -0.3 is 35.4 Å². The van der Waals surface area contributed by atoms with E-state index in [2.05, 4.69) is 61.2 Å². The Balaban J connectivity index is 0.000000289. The molecule has 1 fully saturated rings. The molecule has 4 rings (SSSR count). The van der Waals surface area contributed by atoms with E-state index in [-0.39, 0.29) is 5.54 Å². The minimum atomic E-state index is -2.74. The number of aryl methyl sites for hydroxylation is 1. The Morgan fingerprint density at radius 2 is 1.55 bits per heavy atom. The smallest absolute Gasteiger partial charge is 0.336 e. The third-order valence-corrected chi connectivity index (χ3v) is 8.02. The van der Waals surface area contributed by atoms with Crippen molar-refractivity contribution in [2.45, 2.75) is 68.9 Å². The molecule has 6 N–H and O–H groups in total. The quantitative estimate of drug-likeness (QED) is 0.227. The normalized spacial score (nSPS) is 19.2. The molecule has 3 aromatic rings. The number of fused-ring (bicyclic) bond motifs is 1.